The molecule has 0 radical (unpaired) electrons. The van der Waals surface area contributed by atoms with E-state index in [-0.39, 0.29) is 0 Å². The highest BCUT2D eigenvalue weighted by Crippen LogP contribution is 2.33. The van der Waals surface area contributed by atoms with E-state index in [0.29, 0.717) is 10.8 Å². The number of hydrogen-bond acceptors (Lipinski definition) is 2. The Kier molecular flexibility index (Phi) is 3.83. The minimum atomic E-state index is -0.580. The highest BCUT2D eigenvalue weighted by atomic mass is 35.5. The second-order valence-electron chi connectivity index (χ2n) is 4.87. The van der Waals surface area contributed by atoms with Crippen molar-refractivity contribution in [3.63, 3.8) is 0 Å². The van der Waals surface area contributed by atoms with Gasteiger partial charge in [-0.2, -0.15) is 0 Å². The quantitative estimate of drug-likeness (QED) is 0.923. The van der Waals surface area contributed by atoms with Gasteiger partial charge < -0.3 is 10.5 Å². The van der Waals surface area contributed by atoms with Crippen molar-refractivity contribution in [3.05, 3.63) is 64.2 Å². The van der Waals surface area contributed by atoms with Crippen molar-refractivity contribution < 1.29 is 4.74 Å². The van der Waals surface area contributed by atoms with Crippen molar-refractivity contribution in [1.29, 1.82) is 0 Å². The van der Waals surface area contributed by atoms with Gasteiger partial charge in [0, 0.05) is 0 Å². The lowest BCUT2D eigenvalue weighted by atomic mass is 9.83. The van der Waals surface area contributed by atoms with E-state index in [1.165, 1.54) is 5.56 Å². The van der Waals surface area contributed by atoms with Gasteiger partial charge in [-0.25, -0.2) is 0 Å². The maximum absolute atomic E-state index is 6.54. The molecular formula is C16H18ClNO. The Labute approximate surface area is 119 Å². The molecule has 2 aromatic rings. The maximum Gasteiger partial charge on any atom is 0.137 e. The van der Waals surface area contributed by atoms with Gasteiger partial charge in [0.25, 0.3) is 0 Å². The lowest BCUT2D eigenvalue weighted by Gasteiger charge is -2.28. The molecule has 19 heavy (non-hydrogen) atoms. The molecule has 1 atom stereocenters. The average molecular weight is 276 g/mol. The van der Waals surface area contributed by atoms with E-state index in [4.69, 9.17) is 22.1 Å². The first-order valence-electron chi connectivity index (χ1n) is 6.16. The zero-order valence-corrected chi connectivity index (χ0v) is 12.2. The fraction of sp³-hybridized carbons (Fsp3) is 0.250. The number of rotatable bonds is 3. The van der Waals surface area contributed by atoms with Crippen molar-refractivity contribution >= 4 is 11.6 Å². The predicted molar refractivity (Wildman–Crippen MR) is 79.8 cm³/mol. The predicted octanol–water partition coefficient (Wildman–Crippen LogP) is 3.88. The van der Waals surface area contributed by atoms with Crippen molar-refractivity contribution in [2.24, 2.45) is 5.73 Å². The summed E-state index contributed by atoms with van der Waals surface area (Å²) in [5.41, 5.74) is 9.19. The molecule has 2 aromatic carbocycles. The summed E-state index contributed by atoms with van der Waals surface area (Å²) in [4.78, 5) is 0. The van der Waals surface area contributed by atoms with Gasteiger partial charge in [-0.05, 0) is 42.7 Å². The van der Waals surface area contributed by atoms with Gasteiger partial charge in [-0.15, -0.1) is 0 Å². The molecule has 1 unspecified atom stereocenters. The van der Waals surface area contributed by atoms with Crippen LogP contribution in [0.3, 0.4) is 0 Å². The molecule has 0 aliphatic carbocycles. The average Bonchev–Trinajstić information content (AvgIpc) is 2.39. The van der Waals surface area contributed by atoms with Crippen LogP contribution in [0.15, 0.2) is 42.5 Å². The molecule has 0 fully saturated rings. The van der Waals surface area contributed by atoms with Crippen molar-refractivity contribution in [3.8, 4) is 5.75 Å². The summed E-state index contributed by atoms with van der Waals surface area (Å²) in [6.45, 7) is 4.06. The third-order valence-electron chi connectivity index (χ3n) is 3.46. The van der Waals surface area contributed by atoms with Crippen LogP contribution in [0, 0.1) is 6.92 Å². The van der Waals surface area contributed by atoms with Crippen LogP contribution >= 0.6 is 11.6 Å². The molecule has 0 heterocycles. The van der Waals surface area contributed by atoms with Crippen LogP contribution in [0.4, 0.5) is 0 Å². The monoisotopic (exact) mass is 275 g/mol. The molecule has 0 aliphatic heterocycles. The Bertz CT molecular complexity index is 593. The molecule has 0 spiro atoms. The van der Waals surface area contributed by atoms with Crippen LogP contribution < -0.4 is 10.5 Å². The maximum atomic E-state index is 6.54. The minimum Gasteiger partial charge on any atom is -0.495 e. The fourth-order valence-electron chi connectivity index (χ4n) is 2.29. The number of hydrogen-bond donors (Lipinski definition) is 1. The lowest BCUT2D eigenvalue weighted by molar-refractivity contribution is 0.413. The molecule has 2 rings (SSSR count). The van der Waals surface area contributed by atoms with Crippen molar-refractivity contribution in [2.75, 3.05) is 7.11 Å². The third-order valence-corrected chi connectivity index (χ3v) is 3.77. The second-order valence-corrected chi connectivity index (χ2v) is 5.27. The zero-order chi connectivity index (χ0) is 14.0. The van der Waals surface area contributed by atoms with E-state index in [1.807, 2.05) is 37.3 Å². The summed E-state index contributed by atoms with van der Waals surface area (Å²) in [7, 11) is 1.60. The molecular weight excluding hydrogens is 258 g/mol. The second kappa shape index (κ2) is 5.24. The Morgan fingerprint density at radius 1 is 1.16 bits per heavy atom. The van der Waals surface area contributed by atoms with E-state index in [9.17, 15) is 0 Å². The van der Waals surface area contributed by atoms with E-state index in [1.54, 1.807) is 7.11 Å². The van der Waals surface area contributed by atoms with Crippen LogP contribution in [0.2, 0.25) is 5.02 Å². The summed E-state index contributed by atoms with van der Waals surface area (Å²) in [5, 5.41) is 0.590. The van der Waals surface area contributed by atoms with Crippen LogP contribution in [0.1, 0.15) is 23.6 Å². The van der Waals surface area contributed by atoms with Crippen LogP contribution in [0.5, 0.6) is 5.75 Å². The highest BCUT2D eigenvalue weighted by molar-refractivity contribution is 6.32. The third kappa shape index (κ3) is 2.60. The smallest absolute Gasteiger partial charge is 0.137 e. The number of methoxy groups -OCH3 is 1. The van der Waals surface area contributed by atoms with Gasteiger partial charge in [-0.3, -0.25) is 0 Å². The SMILES string of the molecule is COc1cc(C(C)(N)c2ccccc2C)ccc1Cl. The Balaban J connectivity index is 2.53. The fourth-order valence-corrected chi connectivity index (χ4v) is 2.49. The largest absolute Gasteiger partial charge is 0.495 e. The minimum absolute atomic E-state index is 0.580. The first kappa shape index (κ1) is 13.9. The highest BCUT2D eigenvalue weighted by Gasteiger charge is 2.26. The number of benzene rings is 2. The summed E-state index contributed by atoms with van der Waals surface area (Å²) in [6, 6.07) is 13.8. The Morgan fingerprint density at radius 3 is 2.47 bits per heavy atom. The van der Waals surface area contributed by atoms with Gasteiger partial charge >= 0.3 is 0 Å². The van der Waals surface area contributed by atoms with Gasteiger partial charge in [0.05, 0.1) is 17.7 Å². The number of ether oxygens (including phenoxy) is 1. The summed E-state index contributed by atoms with van der Waals surface area (Å²) >= 11 is 6.06. The molecule has 2 N–H and O–H groups in total. The molecule has 2 nitrogen and oxygen atoms in total. The van der Waals surface area contributed by atoms with Gasteiger partial charge in [0.15, 0.2) is 0 Å². The molecule has 0 saturated carbocycles. The lowest BCUT2D eigenvalue weighted by Crippen LogP contribution is -2.35. The van der Waals surface area contributed by atoms with Crippen LogP contribution in [0.25, 0.3) is 0 Å². The van der Waals surface area contributed by atoms with Crippen LogP contribution in [-0.4, -0.2) is 7.11 Å². The summed E-state index contributed by atoms with van der Waals surface area (Å²) in [5.74, 6) is 0.643. The molecule has 3 heteroatoms. The standard InChI is InChI=1S/C16H18ClNO/c1-11-6-4-5-7-13(11)16(2,18)12-8-9-14(17)15(10-12)19-3/h4-10H,18H2,1-3H3. The molecule has 100 valence electrons. The number of halogens is 1. The summed E-state index contributed by atoms with van der Waals surface area (Å²) in [6.07, 6.45) is 0. The first-order valence-corrected chi connectivity index (χ1v) is 6.53. The first-order chi connectivity index (χ1) is 8.96. The number of aryl methyl sites for hydroxylation is 1. The molecule has 0 amide bonds. The van der Waals surface area contributed by atoms with Gasteiger partial charge in [0.1, 0.15) is 5.75 Å². The zero-order valence-electron chi connectivity index (χ0n) is 11.4. The Morgan fingerprint density at radius 2 is 1.84 bits per heavy atom. The molecule has 0 aliphatic rings. The van der Waals surface area contributed by atoms with E-state index >= 15 is 0 Å². The van der Waals surface area contributed by atoms with E-state index in [0.717, 1.165) is 11.1 Å². The van der Waals surface area contributed by atoms with E-state index in [2.05, 4.69) is 19.1 Å². The van der Waals surface area contributed by atoms with E-state index < -0.39 is 5.54 Å². The van der Waals surface area contributed by atoms with Crippen LogP contribution in [-0.2, 0) is 5.54 Å². The van der Waals surface area contributed by atoms with Gasteiger partial charge in [-0.1, -0.05) is 41.9 Å². The Hall–Kier alpha value is -1.51. The van der Waals surface area contributed by atoms with Gasteiger partial charge in [0.2, 0.25) is 0 Å². The normalized spacial score (nSPS) is 13.9. The molecule has 0 aromatic heterocycles. The van der Waals surface area contributed by atoms with Crippen molar-refractivity contribution in [2.45, 2.75) is 19.4 Å². The molecule has 0 saturated heterocycles. The van der Waals surface area contributed by atoms with Crippen molar-refractivity contribution in [1.82, 2.24) is 0 Å². The topological polar surface area (TPSA) is 35.2 Å². The number of nitrogens with two attached hydrogens (primary N) is 1. The summed E-state index contributed by atoms with van der Waals surface area (Å²) < 4.78 is 5.26. The molecule has 0 bridgehead atoms.